The highest BCUT2D eigenvalue weighted by Crippen LogP contribution is 2.19. The summed E-state index contributed by atoms with van der Waals surface area (Å²) in [6, 6.07) is 2.02. The van der Waals surface area contributed by atoms with E-state index < -0.39 is 0 Å². The van der Waals surface area contributed by atoms with Crippen LogP contribution in [0.5, 0.6) is 0 Å². The number of imidazole rings is 1. The maximum absolute atomic E-state index is 5.83. The summed E-state index contributed by atoms with van der Waals surface area (Å²) < 4.78 is 2.26. The topological polar surface area (TPSA) is 30.7 Å². The number of pyridine rings is 1. The lowest BCUT2D eigenvalue weighted by molar-refractivity contribution is 0.672. The van der Waals surface area contributed by atoms with Crippen LogP contribution >= 0.6 is 23.4 Å². The first-order chi connectivity index (χ1) is 8.26. The van der Waals surface area contributed by atoms with Gasteiger partial charge in [-0.25, -0.2) is 4.98 Å². The molecule has 0 aliphatic carbocycles. The van der Waals surface area contributed by atoms with Gasteiger partial charge < -0.3 is 4.57 Å². The Morgan fingerprint density at radius 1 is 1.53 bits per heavy atom. The van der Waals surface area contributed by atoms with Crippen molar-refractivity contribution in [3.63, 3.8) is 0 Å². The molecule has 3 nitrogen and oxygen atoms in total. The van der Waals surface area contributed by atoms with E-state index in [1.807, 2.05) is 30.2 Å². The summed E-state index contributed by atoms with van der Waals surface area (Å²) in [6.45, 7) is 3.19. The summed E-state index contributed by atoms with van der Waals surface area (Å²) in [5, 5.41) is 0.564. The molecule has 0 aromatic carbocycles. The zero-order chi connectivity index (χ0) is 12.3. The minimum atomic E-state index is 0.564. The Hall–Kier alpha value is -0.740. The van der Waals surface area contributed by atoms with E-state index in [2.05, 4.69) is 27.7 Å². The van der Waals surface area contributed by atoms with Gasteiger partial charge in [-0.1, -0.05) is 6.92 Å². The number of hydrogen-bond acceptors (Lipinski definition) is 3. The molecule has 0 radical (unpaired) electrons. The van der Waals surface area contributed by atoms with Crippen molar-refractivity contribution in [2.45, 2.75) is 25.1 Å². The van der Waals surface area contributed by atoms with Crippen molar-refractivity contribution in [2.24, 2.45) is 0 Å². The van der Waals surface area contributed by atoms with Crippen LogP contribution in [0, 0.1) is 0 Å². The predicted octanol–water partition coefficient (Wildman–Crippen LogP) is 2.96. The van der Waals surface area contributed by atoms with E-state index >= 15 is 0 Å². The van der Waals surface area contributed by atoms with E-state index in [4.69, 9.17) is 11.6 Å². The van der Waals surface area contributed by atoms with Gasteiger partial charge in [0.15, 0.2) is 0 Å². The van der Waals surface area contributed by atoms with Gasteiger partial charge in [0.05, 0.1) is 11.7 Å². The molecule has 0 bridgehead atoms. The van der Waals surface area contributed by atoms with Gasteiger partial charge in [0.1, 0.15) is 11.3 Å². The molecular weight excluding hydrogens is 254 g/mol. The highest BCUT2D eigenvalue weighted by atomic mass is 35.5. The van der Waals surface area contributed by atoms with Crippen molar-refractivity contribution in [1.29, 1.82) is 0 Å². The Labute approximate surface area is 111 Å². The highest BCUT2D eigenvalue weighted by molar-refractivity contribution is 7.99. The van der Waals surface area contributed by atoms with Crippen molar-refractivity contribution in [3.05, 3.63) is 24.3 Å². The van der Waals surface area contributed by atoms with Gasteiger partial charge >= 0.3 is 0 Å². The molecule has 2 aromatic heterocycles. The molecule has 0 aliphatic rings. The Balaban J connectivity index is 2.44. The van der Waals surface area contributed by atoms with Crippen LogP contribution in [0.2, 0.25) is 0 Å². The molecule has 0 aliphatic heterocycles. The number of thioether (sulfide) groups is 1. The molecule has 2 rings (SSSR count). The number of fused-ring (bicyclic) bond motifs is 1. The fourth-order valence-electron chi connectivity index (χ4n) is 1.84. The summed E-state index contributed by atoms with van der Waals surface area (Å²) >= 11 is 7.69. The second-order valence-electron chi connectivity index (χ2n) is 3.99. The third-order valence-corrected chi connectivity index (χ3v) is 3.93. The van der Waals surface area contributed by atoms with E-state index in [9.17, 15) is 0 Å². The summed E-state index contributed by atoms with van der Waals surface area (Å²) in [4.78, 5) is 8.71. The number of nitrogens with zero attached hydrogens (tertiary/aromatic N) is 3. The Morgan fingerprint density at radius 2 is 2.35 bits per heavy atom. The molecule has 17 heavy (non-hydrogen) atoms. The first-order valence-corrected chi connectivity index (χ1v) is 7.46. The van der Waals surface area contributed by atoms with Crippen LogP contribution in [0.1, 0.15) is 12.7 Å². The molecule has 1 unspecified atom stereocenters. The quantitative estimate of drug-likeness (QED) is 0.782. The minimum Gasteiger partial charge on any atom is -0.327 e. The Morgan fingerprint density at radius 3 is 3.06 bits per heavy atom. The van der Waals surface area contributed by atoms with Crippen molar-refractivity contribution in [1.82, 2.24) is 14.5 Å². The minimum absolute atomic E-state index is 0.564. The smallest absolute Gasteiger partial charge is 0.111 e. The molecule has 5 heteroatoms. The van der Waals surface area contributed by atoms with Crippen LogP contribution < -0.4 is 0 Å². The molecule has 0 spiro atoms. The van der Waals surface area contributed by atoms with E-state index in [1.54, 1.807) is 0 Å². The van der Waals surface area contributed by atoms with Gasteiger partial charge in [0.25, 0.3) is 0 Å². The molecule has 0 fully saturated rings. The van der Waals surface area contributed by atoms with Crippen molar-refractivity contribution in [2.75, 3.05) is 12.1 Å². The van der Waals surface area contributed by atoms with Gasteiger partial charge in [0, 0.05) is 30.3 Å². The maximum Gasteiger partial charge on any atom is 0.111 e. The standard InChI is InChI=1S/C12H16ClN3S/c1-9(17-2)8-16-11-4-6-14-7-10(11)15-12(16)3-5-13/h4,6-7,9H,3,5,8H2,1-2H3. The van der Waals surface area contributed by atoms with Gasteiger partial charge in [-0.3, -0.25) is 4.98 Å². The SMILES string of the molecule is CSC(C)Cn1c(CCCl)nc2cnccc21. The number of alkyl halides is 1. The van der Waals surface area contributed by atoms with Crippen molar-refractivity contribution < 1.29 is 0 Å². The average Bonchev–Trinajstić information content (AvgIpc) is 2.68. The lowest BCUT2D eigenvalue weighted by Crippen LogP contribution is -2.12. The molecule has 1 atom stereocenters. The zero-order valence-corrected chi connectivity index (χ0v) is 11.6. The van der Waals surface area contributed by atoms with E-state index in [0.29, 0.717) is 11.1 Å². The van der Waals surface area contributed by atoms with Gasteiger partial charge in [-0.15, -0.1) is 11.6 Å². The molecular formula is C12H16ClN3S. The number of aryl methyl sites for hydroxylation is 1. The van der Waals surface area contributed by atoms with Crippen LogP contribution in [0.15, 0.2) is 18.5 Å². The highest BCUT2D eigenvalue weighted by Gasteiger charge is 2.12. The van der Waals surface area contributed by atoms with Crippen LogP contribution in [0.4, 0.5) is 0 Å². The van der Waals surface area contributed by atoms with Crippen molar-refractivity contribution >= 4 is 34.4 Å². The predicted molar refractivity (Wildman–Crippen MR) is 74.9 cm³/mol. The maximum atomic E-state index is 5.83. The van der Waals surface area contributed by atoms with Gasteiger partial charge in [0.2, 0.25) is 0 Å². The fraction of sp³-hybridized carbons (Fsp3) is 0.500. The normalized spacial score (nSPS) is 13.1. The van der Waals surface area contributed by atoms with Crippen LogP contribution in [0.25, 0.3) is 11.0 Å². The first kappa shape index (κ1) is 12.7. The molecule has 2 heterocycles. The monoisotopic (exact) mass is 269 g/mol. The van der Waals surface area contributed by atoms with Crippen LogP contribution in [0.3, 0.4) is 0 Å². The second-order valence-corrected chi connectivity index (χ2v) is 5.64. The van der Waals surface area contributed by atoms with E-state index in [-0.39, 0.29) is 0 Å². The summed E-state index contributed by atoms with van der Waals surface area (Å²) in [6.07, 6.45) is 6.56. The zero-order valence-electron chi connectivity index (χ0n) is 10.1. The second kappa shape index (κ2) is 5.74. The molecule has 0 N–H and O–H groups in total. The van der Waals surface area contributed by atoms with Crippen LogP contribution in [-0.4, -0.2) is 31.9 Å². The number of halogens is 1. The summed E-state index contributed by atoms with van der Waals surface area (Å²) in [7, 11) is 0. The van der Waals surface area contributed by atoms with Gasteiger partial charge in [-0.2, -0.15) is 11.8 Å². The Bertz CT molecular complexity index is 497. The van der Waals surface area contributed by atoms with E-state index in [1.165, 1.54) is 0 Å². The van der Waals surface area contributed by atoms with Gasteiger partial charge in [-0.05, 0) is 12.3 Å². The molecule has 0 amide bonds. The van der Waals surface area contributed by atoms with Crippen molar-refractivity contribution in [3.8, 4) is 0 Å². The average molecular weight is 270 g/mol. The number of aromatic nitrogens is 3. The lowest BCUT2D eigenvalue weighted by Gasteiger charge is -2.12. The Kier molecular flexibility index (Phi) is 4.29. The third-order valence-electron chi connectivity index (χ3n) is 2.79. The number of rotatable bonds is 5. The van der Waals surface area contributed by atoms with Crippen LogP contribution in [-0.2, 0) is 13.0 Å². The number of hydrogen-bond donors (Lipinski definition) is 0. The molecule has 2 aromatic rings. The third kappa shape index (κ3) is 2.75. The molecule has 0 saturated carbocycles. The first-order valence-electron chi connectivity index (χ1n) is 5.64. The van der Waals surface area contributed by atoms with E-state index in [0.717, 1.165) is 29.8 Å². The lowest BCUT2D eigenvalue weighted by atomic mass is 10.3. The fourth-order valence-corrected chi connectivity index (χ4v) is 2.31. The largest absolute Gasteiger partial charge is 0.327 e. The summed E-state index contributed by atoms with van der Waals surface area (Å²) in [5.74, 6) is 1.66. The summed E-state index contributed by atoms with van der Waals surface area (Å²) in [5.41, 5.74) is 2.11. The molecule has 92 valence electrons. The molecule has 0 saturated heterocycles.